The van der Waals surface area contributed by atoms with Gasteiger partial charge in [0.1, 0.15) is 0 Å². The molecule has 0 fully saturated rings. The molecule has 0 aromatic carbocycles. The summed E-state index contributed by atoms with van der Waals surface area (Å²) in [5.74, 6) is 0. The summed E-state index contributed by atoms with van der Waals surface area (Å²) < 4.78 is 49.8. The second kappa shape index (κ2) is 5.04. The second-order valence-corrected chi connectivity index (χ2v) is 6.77. The van der Waals surface area contributed by atoms with E-state index >= 15 is 0 Å². The molecule has 0 N–H and O–H groups in total. The SMILES string of the molecule is C=C(C)CCOP(=O)([O-])C(F)(F)P(=O)([O-])[O-]. The molecule has 0 radical (unpaired) electrons. The molecular weight excluding hydrogens is 268 g/mol. The van der Waals surface area contributed by atoms with Crippen LogP contribution in [0.1, 0.15) is 13.3 Å². The molecule has 0 saturated carbocycles. The fourth-order valence-corrected chi connectivity index (χ4v) is 2.43. The van der Waals surface area contributed by atoms with E-state index in [-0.39, 0.29) is 6.42 Å². The van der Waals surface area contributed by atoms with Gasteiger partial charge in [0.15, 0.2) is 0 Å². The van der Waals surface area contributed by atoms with Crippen molar-refractivity contribution in [2.75, 3.05) is 6.61 Å². The molecule has 0 aliphatic carbocycles. The zero-order valence-corrected chi connectivity index (χ0v) is 10.0. The Labute approximate surface area is 90.6 Å². The molecule has 16 heavy (non-hydrogen) atoms. The molecule has 1 atom stereocenters. The number of halogens is 2. The Morgan fingerprint density at radius 1 is 1.38 bits per heavy atom. The minimum Gasteiger partial charge on any atom is -0.806 e. The van der Waals surface area contributed by atoms with Crippen LogP contribution in [0.15, 0.2) is 12.2 Å². The Hall–Kier alpha value is -0.100. The monoisotopic (exact) mass is 277 g/mol. The van der Waals surface area contributed by atoms with E-state index in [0.29, 0.717) is 5.57 Å². The van der Waals surface area contributed by atoms with Gasteiger partial charge in [-0.2, -0.15) is 8.78 Å². The van der Waals surface area contributed by atoms with Crippen LogP contribution >= 0.6 is 15.2 Å². The lowest BCUT2D eigenvalue weighted by Crippen LogP contribution is -2.35. The number of alkyl halides is 2. The summed E-state index contributed by atoms with van der Waals surface area (Å²) in [5.41, 5.74) is 0.454. The first kappa shape index (κ1) is 15.9. The highest BCUT2D eigenvalue weighted by atomic mass is 31.2. The molecule has 10 heteroatoms. The molecule has 0 aromatic heterocycles. The normalized spacial score (nSPS) is 16.9. The molecule has 1 unspecified atom stereocenters. The fourth-order valence-electron chi connectivity index (χ4n) is 0.568. The van der Waals surface area contributed by atoms with E-state index in [0.717, 1.165) is 0 Å². The highest BCUT2D eigenvalue weighted by Crippen LogP contribution is 2.67. The van der Waals surface area contributed by atoms with Crippen molar-refractivity contribution in [2.45, 2.75) is 18.7 Å². The maximum Gasteiger partial charge on any atom is 0.332 e. The predicted octanol–water partition coefficient (Wildman–Crippen LogP) is -0.0134. The van der Waals surface area contributed by atoms with Gasteiger partial charge >= 0.3 is 5.40 Å². The van der Waals surface area contributed by atoms with E-state index in [1.165, 1.54) is 6.92 Å². The maximum absolute atomic E-state index is 12.6. The lowest BCUT2D eigenvalue weighted by Gasteiger charge is -2.43. The van der Waals surface area contributed by atoms with Gasteiger partial charge in [0.05, 0.1) is 6.61 Å². The summed E-state index contributed by atoms with van der Waals surface area (Å²) >= 11 is 0. The lowest BCUT2D eigenvalue weighted by molar-refractivity contribution is -0.331. The molecule has 0 aromatic rings. The average Bonchev–Trinajstić information content (AvgIpc) is 2.00. The molecule has 0 aliphatic rings. The van der Waals surface area contributed by atoms with Crippen LogP contribution in [0.2, 0.25) is 0 Å². The first-order valence-corrected chi connectivity index (χ1v) is 7.00. The maximum atomic E-state index is 12.6. The van der Waals surface area contributed by atoms with Crippen molar-refractivity contribution in [1.82, 2.24) is 0 Å². The molecular formula is C6H9F2O6P2-3. The Kier molecular flexibility index (Phi) is 5.01. The standard InChI is InChI=1S/C6H12F2O6P2/c1-5(2)3-4-14-16(12,13)6(7,8)15(9,10)11/h1,3-4H2,2H3,(H,12,13)(H2,9,10,11)/p-3. The zero-order valence-electron chi connectivity index (χ0n) is 8.22. The Bertz CT molecular complexity index is 362. The molecule has 96 valence electrons. The van der Waals surface area contributed by atoms with Crippen LogP contribution < -0.4 is 14.7 Å². The van der Waals surface area contributed by atoms with E-state index in [1.807, 2.05) is 0 Å². The van der Waals surface area contributed by atoms with Crippen LogP contribution in [0.3, 0.4) is 0 Å². The van der Waals surface area contributed by atoms with Crippen molar-refractivity contribution in [3.63, 3.8) is 0 Å². The molecule has 0 aliphatic heterocycles. The third-order valence-corrected chi connectivity index (χ3v) is 4.76. The summed E-state index contributed by atoms with van der Waals surface area (Å²) in [7, 11) is -12.7. The van der Waals surface area contributed by atoms with Gasteiger partial charge in [0, 0.05) is 7.60 Å². The van der Waals surface area contributed by atoms with Gasteiger partial charge in [-0.15, -0.1) is 6.58 Å². The van der Waals surface area contributed by atoms with Crippen LogP contribution in [0.25, 0.3) is 0 Å². The first-order chi connectivity index (χ1) is 6.92. The summed E-state index contributed by atoms with van der Waals surface area (Å²) in [6.07, 6.45) is -0.0513. The number of hydrogen-bond donors (Lipinski definition) is 0. The Balaban J connectivity index is 4.73. The summed E-state index contributed by atoms with van der Waals surface area (Å²) in [6.45, 7) is 4.15. The predicted molar refractivity (Wildman–Crippen MR) is 45.5 cm³/mol. The first-order valence-electron chi connectivity index (χ1n) is 3.92. The molecule has 0 bridgehead atoms. The highest BCUT2D eigenvalue weighted by molar-refractivity contribution is 7.70. The molecule has 0 rings (SSSR count). The molecule has 0 saturated heterocycles. The smallest absolute Gasteiger partial charge is 0.332 e. The quantitative estimate of drug-likeness (QED) is 0.498. The molecule has 0 amide bonds. The van der Waals surface area contributed by atoms with Crippen LogP contribution in [0, 0.1) is 0 Å². The second-order valence-electron chi connectivity index (χ2n) is 3.04. The van der Waals surface area contributed by atoms with E-state index in [2.05, 4.69) is 11.1 Å². The summed E-state index contributed by atoms with van der Waals surface area (Å²) in [6, 6.07) is 0. The van der Waals surface area contributed by atoms with E-state index in [9.17, 15) is 32.6 Å². The van der Waals surface area contributed by atoms with Gasteiger partial charge in [-0.3, -0.25) is 0 Å². The fraction of sp³-hybridized carbons (Fsp3) is 0.667. The van der Waals surface area contributed by atoms with Gasteiger partial charge < -0.3 is 28.3 Å². The number of rotatable bonds is 6. The van der Waals surface area contributed by atoms with Crippen molar-refractivity contribution in [3.05, 3.63) is 12.2 Å². The van der Waals surface area contributed by atoms with Crippen LogP contribution in [0.5, 0.6) is 0 Å². The van der Waals surface area contributed by atoms with Gasteiger partial charge in [-0.25, -0.2) is 0 Å². The van der Waals surface area contributed by atoms with Gasteiger partial charge in [0.2, 0.25) is 7.60 Å². The summed E-state index contributed by atoms with van der Waals surface area (Å²) in [5, 5.41) is -5.44. The minimum atomic E-state index is -6.61. The molecule has 6 nitrogen and oxygen atoms in total. The van der Waals surface area contributed by atoms with Crippen molar-refractivity contribution in [3.8, 4) is 0 Å². The molecule has 0 heterocycles. The van der Waals surface area contributed by atoms with E-state index in [4.69, 9.17) is 0 Å². The Morgan fingerprint density at radius 3 is 2.12 bits per heavy atom. The van der Waals surface area contributed by atoms with Gasteiger partial charge in [-0.1, -0.05) is 5.57 Å². The molecule has 0 spiro atoms. The van der Waals surface area contributed by atoms with Gasteiger partial charge in [-0.05, 0) is 13.3 Å². The van der Waals surface area contributed by atoms with Crippen molar-refractivity contribution < 1.29 is 37.1 Å². The van der Waals surface area contributed by atoms with Crippen LogP contribution in [-0.2, 0) is 13.7 Å². The van der Waals surface area contributed by atoms with Crippen molar-refractivity contribution in [1.29, 1.82) is 0 Å². The minimum absolute atomic E-state index is 0.0513. The van der Waals surface area contributed by atoms with E-state index < -0.39 is 27.2 Å². The van der Waals surface area contributed by atoms with Crippen LogP contribution in [0.4, 0.5) is 8.78 Å². The van der Waals surface area contributed by atoms with Crippen molar-refractivity contribution >= 4 is 15.2 Å². The average molecular weight is 277 g/mol. The van der Waals surface area contributed by atoms with Crippen molar-refractivity contribution in [2.24, 2.45) is 0 Å². The third kappa shape index (κ3) is 3.73. The lowest BCUT2D eigenvalue weighted by atomic mass is 10.3. The topological polar surface area (TPSA) is 113 Å². The Morgan fingerprint density at radius 2 is 1.81 bits per heavy atom. The van der Waals surface area contributed by atoms with E-state index in [1.54, 1.807) is 0 Å². The summed E-state index contributed by atoms with van der Waals surface area (Å²) in [4.78, 5) is 30.8. The largest absolute Gasteiger partial charge is 0.806 e. The number of hydrogen-bond acceptors (Lipinski definition) is 6. The highest BCUT2D eigenvalue weighted by Gasteiger charge is 2.46. The van der Waals surface area contributed by atoms with Crippen LogP contribution in [-0.4, -0.2) is 12.0 Å². The third-order valence-electron chi connectivity index (χ3n) is 1.45. The van der Waals surface area contributed by atoms with Gasteiger partial charge in [0.25, 0.3) is 0 Å². The zero-order chi connectivity index (χ0) is 13.2.